The fourth-order valence-electron chi connectivity index (χ4n) is 4.20. The van der Waals surface area contributed by atoms with Crippen LogP contribution < -0.4 is 4.90 Å². The predicted molar refractivity (Wildman–Crippen MR) is 124 cm³/mol. The average Bonchev–Trinajstić information content (AvgIpc) is 3.37. The Labute approximate surface area is 201 Å². The number of ketones is 1. The van der Waals surface area contributed by atoms with Gasteiger partial charge in [-0.05, 0) is 36.6 Å². The lowest BCUT2D eigenvalue weighted by Crippen LogP contribution is -2.41. The highest BCUT2D eigenvalue weighted by atomic mass is 19.4. The number of Topliss-reactive ketones (excluding diaryl/α,β-unsaturated/α-hetero) is 1. The third-order valence-corrected chi connectivity index (χ3v) is 6.04. The Kier molecular flexibility index (Phi) is 6.64. The molecular formula is C25H26F3N5O2. The number of nitrogens with zero attached hydrogens (tertiary/aromatic N) is 5. The van der Waals surface area contributed by atoms with Crippen molar-refractivity contribution in [3.63, 3.8) is 0 Å². The third kappa shape index (κ3) is 5.36. The van der Waals surface area contributed by atoms with E-state index in [1.807, 2.05) is 27.0 Å². The van der Waals surface area contributed by atoms with Crippen molar-refractivity contribution in [3.8, 4) is 5.82 Å². The molecule has 0 radical (unpaired) electrons. The van der Waals surface area contributed by atoms with Gasteiger partial charge in [0.05, 0.1) is 35.7 Å². The van der Waals surface area contributed by atoms with E-state index in [9.17, 15) is 22.8 Å². The Morgan fingerprint density at radius 3 is 2.54 bits per heavy atom. The molecule has 1 aliphatic heterocycles. The molecule has 7 nitrogen and oxygen atoms in total. The molecule has 1 atom stereocenters. The first-order chi connectivity index (χ1) is 16.5. The Morgan fingerprint density at radius 2 is 1.94 bits per heavy atom. The molecule has 2 aromatic heterocycles. The van der Waals surface area contributed by atoms with E-state index in [4.69, 9.17) is 0 Å². The molecule has 0 spiro atoms. The summed E-state index contributed by atoms with van der Waals surface area (Å²) in [4.78, 5) is 37.7. The number of benzene rings is 1. The number of hydrogen-bond donors (Lipinski definition) is 0. The SMILES string of the molecule is Cc1cn(-c2ccc(N3C[C@H](C(C)C)N(CC(=O)Cc4cccc(C(F)(F)F)c4)C3=O)cn2)cn1. The normalized spacial score (nSPS) is 16.4. The molecule has 1 fully saturated rings. The van der Waals surface area contributed by atoms with E-state index in [-0.39, 0.29) is 42.3 Å². The minimum Gasteiger partial charge on any atom is -0.312 e. The molecule has 184 valence electrons. The van der Waals surface area contributed by atoms with Crippen LogP contribution in [0, 0.1) is 12.8 Å². The number of anilines is 1. The summed E-state index contributed by atoms with van der Waals surface area (Å²) in [6.07, 6.45) is 0.445. The van der Waals surface area contributed by atoms with Gasteiger partial charge in [-0.25, -0.2) is 14.8 Å². The van der Waals surface area contributed by atoms with Crippen molar-refractivity contribution in [2.45, 2.75) is 39.4 Å². The van der Waals surface area contributed by atoms with E-state index in [1.165, 1.54) is 17.0 Å². The molecule has 10 heteroatoms. The zero-order valence-corrected chi connectivity index (χ0v) is 19.7. The number of rotatable bonds is 7. The summed E-state index contributed by atoms with van der Waals surface area (Å²) in [7, 11) is 0. The van der Waals surface area contributed by atoms with Crippen molar-refractivity contribution in [2.75, 3.05) is 18.0 Å². The summed E-state index contributed by atoms with van der Waals surface area (Å²) in [5.74, 6) is 0.412. The second-order valence-corrected chi connectivity index (χ2v) is 9.04. The van der Waals surface area contributed by atoms with E-state index in [2.05, 4.69) is 9.97 Å². The first-order valence-corrected chi connectivity index (χ1v) is 11.3. The van der Waals surface area contributed by atoms with Gasteiger partial charge in [-0.3, -0.25) is 14.3 Å². The van der Waals surface area contributed by atoms with E-state index < -0.39 is 11.7 Å². The van der Waals surface area contributed by atoms with Crippen LogP contribution in [0.3, 0.4) is 0 Å². The summed E-state index contributed by atoms with van der Waals surface area (Å²) in [6.45, 7) is 6.03. The smallest absolute Gasteiger partial charge is 0.312 e. The van der Waals surface area contributed by atoms with Gasteiger partial charge < -0.3 is 4.90 Å². The van der Waals surface area contributed by atoms with Crippen LogP contribution in [0.1, 0.15) is 30.7 Å². The van der Waals surface area contributed by atoms with Gasteiger partial charge in [0.2, 0.25) is 0 Å². The second kappa shape index (κ2) is 9.52. The monoisotopic (exact) mass is 485 g/mol. The summed E-state index contributed by atoms with van der Waals surface area (Å²) in [6, 6.07) is 7.75. The lowest BCUT2D eigenvalue weighted by molar-refractivity contribution is -0.137. The molecule has 1 saturated heterocycles. The van der Waals surface area contributed by atoms with Gasteiger partial charge in [0, 0.05) is 19.2 Å². The average molecular weight is 486 g/mol. The number of hydrogen-bond acceptors (Lipinski definition) is 4. The number of amides is 2. The maximum absolute atomic E-state index is 13.3. The van der Waals surface area contributed by atoms with E-state index in [0.29, 0.717) is 18.1 Å². The molecular weight excluding hydrogens is 459 g/mol. The highest BCUT2D eigenvalue weighted by Gasteiger charge is 2.40. The molecule has 0 saturated carbocycles. The predicted octanol–water partition coefficient (Wildman–Crippen LogP) is 4.67. The molecule has 2 amide bonds. The molecule has 3 heterocycles. The Hall–Kier alpha value is -3.69. The van der Waals surface area contributed by atoms with Gasteiger partial charge in [-0.15, -0.1) is 0 Å². The number of aryl methyl sites for hydroxylation is 1. The van der Waals surface area contributed by atoms with Crippen molar-refractivity contribution >= 4 is 17.5 Å². The molecule has 35 heavy (non-hydrogen) atoms. The summed E-state index contributed by atoms with van der Waals surface area (Å²) >= 11 is 0. The topological polar surface area (TPSA) is 71.3 Å². The third-order valence-electron chi connectivity index (χ3n) is 6.04. The number of pyridine rings is 1. The maximum Gasteiger partial charge on any atom is 0.416 e. The largest absolute Gasteiger partial charge is 0.416 e. The highest BCUT2D eigenvalue weighted by molar-refractivity contribution is 5.97. The lowest BCUT2D eigenvalue weighted by atomic mass is 10.0. The quantitative estimate of drug-likeness (QED) is 0.488. The number of aromatic nitrogens is 3. The standard InChI is InChI=1S/C25H26F3N5O2/c1-16(2)22-14-32(20-7-8-23(29-11-20)31-12-17(3)30-15-31)24(35)33(22)13-21(34)10-18-5-4-6-19(9-18)25(26,27)28/h4-9,11-12,15-16,22H,10,13-14H2,1-3H3/t22-/m1/s1. The molecule has 1 aromatic carbocycles. The number of carbonyl (C=O) groups excluding carboxylic acids is 2. The molecule has 0 N–H and O–H groups in total. The number of carbonyl (C=O) groups is 2. The van der Waals surface area contributed by atoms with Gasteiger partial charge in [0.15, 0.2) is 5.78 Å². The maximum atomic E-state index is 13.3. The minimum absolute atomic E-state index is 0.0754. The summed E-state index contributed by atoms with van der Waals surface area (Å²) in [5, 5.41) is 0. The van der Waals surface area contributed by atoms with Crippen LogP contribution in [0.4, 0.5) is 23.7 Å². The van der Waals surface area contributed by atoms with E-state index >= 15 is 0 Å². The molecule has 0 bridgehead atoms. The Bertz CT molecular complexity index is 1220. The molecule has 0 unspecified atom stereocenters. The van der Waals surface area contributed by atoms with Crippen molar-refractivity contribution in [1.82, 2.24) is 19.4 Å². The molecule has 1 aliphatic rings. The van der Waals surface area contributed by atoms with Crippen LogP contribution in [0.5, 0.6) is 0 Å². The molecule has 0 aliphatic carbocycles. The zero-order chi connectivity index (χ0) is 25.3. The van der Waals surface area contributed by atoms with Gasteiger partial charge in [-0.2, -0.15) is 13.2 Å². The van der Waals surface area contributed by atoms with Gasteiger partial charge >= 0.3 is 12.2 Å². The van der Waals surface area contributed by atoms with Crippen molar-refractivity contribution in [2.24, 2.45) is 5.92 Å². The van der Waals surface area contributed by atoms with Crippen molar-refractivity contribution < 1.29 is 22.8 Å². The van der Waals surface area contributed by atoms with Crippen LogP contribution in [-0.2, 0) is 17.4 Å². The second-order valence-electron chi connectivity index (χ2n) is 9.04. The van der Waals surface area contributed by atoms with Gasteiger partial charge in [0.1, 0.15) is 12.1 Å². The lowest BCUT2D eigenvalue weighted by Gasteiger charge is -2.25. The Morgan fingerprint density at radius 1 is 1.17 bits per heavy atom. The zero-order valence-electron chi connectivity index (χ0n) is 19.7. The first kappa shape index (κ1) is 24.4. The fraction of sp³-hybridized carbons (Fsp3) is 0.360. The molecule has 3 aromatic rings. The van der Waals surface area contributed by atoms with E-state index in [1.54, 1.807) is 34.1 Å². The number of imidazole rings is 1. The van der Waals surface area contributed by atoms with Gasteiger partial charge in [-0.1, -0.05) is 32.0 Å². The highest BCUT2D eigenvalue weighted by Crippen LogP contribution is 2.30. The minimum atomic E-state index is -4.48. The number of alkyl halides is 3. The fourth-order valence-corrected chi connectivity index (χ4v) is 4.20. The van der Waals surface area contributed by atoms with Crippen LogP contribution in [0.25, 0.3) is 5.82 Å². The van der Waals surface area contributed by atoms with Crippen molar-refractivity contribution in [3.05, 3.63) is 71.9 Å². The summed E-state index contributed by atoms with van der Waals surface area (Å²) < 4.78 is 40.8. The van der Waals surface area contributed by atoms with Crippen LogP contribution >= 0.6 is 0 Å². The van der Waals surface area contributed by atoms with Gasteiger partial charge in [0.25, 0.3) is 0 Å². The first-order valence-electron chi connectivity index (χ1n) is 11.3. The Balaban J connectivity index is 1.48. The van der Waals surface area contributed by atoms with Crippen LogP contribution in [-0.4, -0.2) is 50.4 Å². The van der Waals surface area contributed by atoms with Crippen LogP contribution in [0.2, 0.25) is 0 Å². The number of urea groups is 1. The summed E-state index contributed by atoms with van der Waals surface area (Å²) in [5.41, 5.74) is 0.932. The number of halogens is 3. The van der Waals surface area contributed by atoms with Crippen LogP contribution in [0.15, 0.2) is 55.1 Å². The molecule has 4 rings (SSSR count). The van der Waals surface area contributed by atoms with Crippen molar-refractivity contribution in [1.29, 1.82) is 0 Å². The van der Waals surface area contributed by atoms with E-state index in [0.717, 1.165) is 17.8 Å².